The summed E-state index contributed by atoms with van der Waals surface area (Å²) in [7, 11) is 0. The van der Waals surface area contributed by atoms with Crippen molar-refractivity contribution in [3.05, 3.63) is 40.3 Å². The second-order valence-corrected chi connectivity index (χ2v) is 7.41. The number of benzene rings is 1. The van der Waals surface area contributed by atoms with Crippen molar-refractivity contribution < 1.29 is 22.8 Å². The van der Waals surface area contributed by atoms with Gasteiger partial charge < -0.3 is 0 Å². The van der Waals surface area contributed by atoms with Gasteiger partial charge in [0.05, 0.1) is 10.5 Å². The van der Waals surface area contributed by atoms with E-state index in [1.54, 1.807) is 0 Å². The molecule has 134 valence electrons. The van der Waals surface area contributed by atoms with Gasteiger partial charge in [-0.1, -0.05) is 31.4 Å². The molecule has 7 heteroatoms. The van der Waals surface area contributed by atoms with Crippen molar-refractivity contribution in [2.75, 3.05) is 6.54 Å². The van der Waals surface area contributed by atoms with Crippen LogP contribution in [0.2, 0.25) is 0 Å². The van der Waals surface area contributed by atoms with Gasteiger partial charge in [-0.15, -0.1) is 0 Å². The Bertz CT molecular complexity index is 691. The van der Waals surface area contributed by atoms with Gasteiger partial charge in [0.2, 0.25) is 0 Å². The highest BCUT2D eigenvalue weighted by atomic mass is 32.2. The lowest BCUT2D eigenvalue weighted by Crippen LogP contribution is -2.34. The molecule has 1 aromatic carbocycles. The number of hydrogen-bond donors (Lipinski definition) is 0. The van der Waals surface area contributed by atoms with Crippen molar-refractivity contribution >= 4 is 29.0 Å². The SMILES string of the molecule is O=C1S/C(=C/c2ccc(C(F)(F)F)cc2)C(=O)N1CC1CCCCC1. The molecule has 0 bridgehead atoms. The molecule has 2 amide bonds. The normalized spacial score (nSPS) is 21.4. The molecule has 0 N–H and O–H groups in total. The Morgan fingerprint density at radius 3 is 2.32 bits per heavy atom. The molecule has 1 heterocycles. The third-order valence-electron chi connectivity index (χ3n) is 4.57. The molecule has 1 saturated heterocycles. The van der Waals surface area contributed by atoms with Crippen LogP contribution in [-0.4, -0.2) is 22.6 Å². The summed E-state index contributed by atoms with van der Waals surface area (Å²) in [6.45, 7) is 0.440. The van der Waals surface area contributed by atoms with Gasteiger partial charge in [-0.05, 0) is 54.3 Å². The van der Waals surface area contributed by atoms with E-state index in [-0.39, 0.29) is 16.1 Å². The predicted molar refractivity (Wildman–Crippen MR) is 90.7 cm³/mol. The minimum atomic E-state index is -4.39. The van der Waals surface area contributed by atoms with Gasteiger partial charge >= 0.3 is 6.18 Å². The molecule has 0 radical (unpaired) electrons. The van der Waals surface area contributed by atoms with E-state index >= 15 is 0 Å². The van der Waals surface area contributed by atoms with E-state index in [0.29, 0.717) is 18.0 Å². The minimum absolute atomic E-state index is 0.264. The highest BCUT2D eigenvalue weighted by Gasteiger charge is 2.36. The zero-order chi connectivity index (χ0) is 18.0. The summed E-state index contributed by atoms with van der Waals surface area (Å²) in [5.41, 5.74) is -0.272. The van der Waals surface area contributed by atoms with Crippen molar-refractivity contribution in [1.29, 1.82) is 0 Å². The zero-order valence-corrected chi connectivity index (χ0v) is 14.3. The van der Waals surface area contributed by atoms with Gasteiger partial charge in [0.1, 0.15) is 0 Å². The first kappa shape index (κ1) is 18.0. The number of carbonyl (C=O) groups is 2. The summed E-state index contributed by atoms with van der Waals surface area (Å²) in [6.07, 6.45) is 2.60. The number of rotatable bonds is 3. The van der Waals surface area contributed by atoms with Crippen LogP contribution in [0.4, 0.5) is 18.0 Å². The van der Waals surface area contributed by atoms with Crippen LogP contribution in [0.15, 0.2) is 29.2 Å². The number of hydrogen-bond acceptors (Lipinski definition) is 3. The van der Waals surface area contributed by atoms with Crippen LogP contribution < -0.4 is 0 Å². The smallest absolute Gasteiger partial charge is 0.268 e. The molecular formula is C18H18F3NO2S. The van der Waals surface area contributed by atoms with E-state index in [1.165, 1.54) is 29.5 Å². The van der Waals surface area contributed by atoms with E-state index in [1.807, 2.05) is 0 Å². The Morgan fingerprint density at radius 1 is 1.08 bits per heavy atom. The van der Waals surface area contributed by atoms with E-state index in [9.17, 15) is 22.8 Å². The Balaban J connectivity index is 1.71. The Hall–Kier alpha value is -1.76. The Labute approximate surface area is 148 Å². The molecule has 1 saturated carbocycles. The third kappa shape index (κ3) is 4.26. The van der Waals surface area contributed by atoms with Crippen molar-refractivity contribution in [2.24, 2.45) is 5.92 Å². The number of imide groups is 1. The van der Waals surface area contributed by atoms with Crippen molar-refractivity contribution in [2.45, 2.75) is 38.3 Å². The predicted octanol–water partition coefficient (Wildman–Crippen LogP) is 5.32. The van der Waals surface area contributed by atoms with Gasteiger partial charge in [-0.2, -0.15) is 13.2 Å². The molecule has 2 aliphatic rings. The lowest BCUT2D eigenvalue weighted by molar-refractivity contribution is -0.137. The maximum Gasteiger partial charge on any atom is 0.416 e. The fraction of sp³-hybridized carbons (Fsp3) is 0.444. The molecule has 0 unspecified atom stereocenters. The van der Waals surface area contributed by atoms with Crippen LogP contribution in [-0.2, 0) is 11.0 Å². The third-order valence-corrected chi connectivity index (χ3v) is 5.48. The molecule has 1 aliphatic heterocycles. The summed E-state index contributed by atoms with van der Waals surface area (Å²) >= 11 is 0.851. The number of nitrogens with zero attached hydrogens (tertiary/aromatic N) is 1. The molecular weight excluding hydrogens is 351 g/mol. The first-order valence-electron chi connectivity index (χ1n) is 8.27. The van der Waals surface area contributed by atoms with Gasteiger partial charge in [0, 0.05) is 6.54 Å². The highest BCUT2D eigenvalue weighted by Crippen LogP contribution is 2.35. The molecule has 0 spiro atoms. The molecule has 25 heavy (non-hydrogen) atoms. The van der Waals surface area contributed by atoms with Crippen LogP contribution in [0, 0.1) is 5.92 Å². The van der Waals surface area contributed by atoms with E-state index in [2.05, 4.69) is 0 Å². The topological polar surface area (TPSA) is 37.4 Å². The lowest BCUT2D eigenvalue weighted by atomic mass is 9.89. The molecule has 2 fully saturated rings. The summed E-state index contributed by atoms with van der Waals surface area (Å²) in [6, 6.07) is 4.55. The first-order valence-corrected chi connectivity index (χ1v) is 9.09. The number of alkyl halides is 3. The molecule has 0 atom stereocenters. The van der Waals surface area contributed by atoms with Gasteiger partial charge in [0.25, 0.3) is 11.1 Å². The quantitative estimate of drug-likeness (QED) is 0.677. The second kappa shape index (κ2) is 7.23. The fourth-order valence-electron chi connectivity index (χ4n) is 3.21. The molecule has 3 rings (SSSR count). The van der Waals surface area contributed by atoms with Crippen LogP contribution >= 0.6 is 11.8 Å². The van der Waals surface area contributed by atoms with E-state index < -0.39 is 11.7 Å². The van der Waals surface area contributed by atoms with Gasteiger partial charge in [-0.3, -0.25) is 14.5 Å². The van der Waals surface area contributed by atoms with Crippen molar-refractivity contribution in [3.63, 3.8) is 0 Å². The molecule has 0 aromatic heterocycles. The number of thioether (sulfide) groups is 1. The first-order chi connectivity index (χ1) is 11.8. The Kier molecular flexibility index (Phi) is 5.22. The largest absolute Gasteiger partial charge is 0.416 e. The van der Waals surface area contributed by atoms with E-state index in [4.69, 9.17) is 0 Å². The van der Waals surface area contributed by atoms with Crippen molar-refractivity contribution in [3.8, 4) is 0 Å². The average Bonchev–Trinajstić information content (AvgIpc) is 2.83. The Morgan fingerprint density at radius 2 is 1.72 bits per heavy atom. The standard InChI is InChI=1S/C18H18F3NO2S/c19-18(20,21)14-8-6-12(7-9-14)10-15-16(23)22(17(24)25-15)11-13-4-2-1-3-5-13/h6-10,13H,1-5,11H2/b15-10+. The van der Waals surface area contributed by atoms with Crippen LogP contribution in [0.1, 0.15) is 43.2 Å². The maximum atomic E-state index is 12.6. The van der Waals surface area contributed by atoms with Crippen LogP contribution in [0.3, 0.4) is 0 Å². The second-order valence-electron chi connectivity index (χ2n) is 6.42. The van der Waals surface area contributed by atoms with Gasteiger partial charge in [-0.25, -0.2) is 0 Å². The monoisotopic (exact) mass is 369 g/mol. The molecule has 1 aliphatic carbocycles. The number of halogens is 3. The summed E-state index contributed by atoms with van der Waals surface area (Å²) in [5.74, 6) is 0.00754. The van der Waals surface area contributed by atoms with E-state index in [0.717, 1.165) is 49.6 Å². The minimum Gasteiger partial charge on any atom is -0.268 e. The zero-order valence-electron chi connectivity index (χ0n) is 13.5. The highest BCUT2D eigenvalue weighted by molar-refractivity contribution is 8.18. The average molecular weight is 369 g/mol. The number of carbonyl (C=O) groups excluding carboxylic acids is 2. The van der Waals surface area contributed by atoms with Crippen LogP contribution in [0.5, 0.6) is 0 Å². The molecule has 3 nitrogen and oxygen atoms in total. The summed E-state index contributed by atoms with van der Waals surface area (Å²) in [5, 5.41) is -0.297. The van der Waals surface area contributed by atoms with Gasteiger partial charge in [0.15, 0.2) is 0 Å². The maximum absolute atomic E-state index is 12.6. The summed E-state index contributed by atoms with van der Waals surface area (Å²) in [4.78, 5) is 26.1. The number of amides is 2. The van der Waals surface area contributed by atoms with Crippen LogP contribution in [0.25, 0.3) is 6.08 Å². The fourth-order valence-corrected chi connectivity index (χ4v) is 4.05. The molecule has 1 aromatic rings. The van der Waals surface area contributed by atoms with Crippen molar-refractivity contribution in [1.82, 2.24) is 4.90 Å². The summed E-state index contributed by atoms with van der Waals surface area (Å²) < 4.78 is 37.8. The lowest BCUT2D eigenvalue weighted by Gasteiger charge is -2.25.